The van der Waals surface area contributed by atoms with E-state index in [1.165, 1.54) is 0 Å². The number of amides is 1. The summed E-state index contributed by atoms with van der Waals surface area (Å²) in [7, 11) is 0. The molecule has 1 atom stereocenters. The van der Waals surface area contributed by atoms with Crippen LogP contribution in [0, 0.1) is 6.92 Å². The fourth-order valence-corrected chi connectivity index (χ4v) is 2.20. The lowest BCUT2D eigenvalue weighted by atomic mass is 9.97. The minimum Gasteiger partial charge on any atom is -0.390 e. The minimum atomic E-state index is -1.01. The Bertz CT molecular complexity index is 445. The van der Waals surface area contributed by atoms with Crippen molar-refractivity contribution in [3.05, 3.63) is 42.3 Å². The molecule has 1 unspecified atom stereocenters. The highest BCUT2D eigenvalue weighted by Gasteiger charge is 2.19. The number of carbonyl (C=O) groups is 1. The van der Waals surface area contributed by atoms with Crippen molar-refractivity contribution < 1.29 is 14.6 Å². The third-order valence-corrected chi connectivity index (χ3v) is 3.06. The molecule has 0 aromatic heterocycles. The number of hydrogen-bond acceptors (Lipinski definition) is 3. The predicted molar refractivity (Wildman–Crippen MR) is 72.8 cm³/mol. The summed E-state index contributed by atoms with van der Waals surface area (Å²) in [6.07, 6.45) is 0.428. The van der Waals surface area contributed by atoms with Crippen molar-refractivity contribution in [2.24, 2.45) is 0 Å². The lowest BCUT2D eigenvalue weighted by Crippen LogP contribution is -2.40. The van der Waals surface area contributed by atoms with Gasteiger partial charge in [0.15, 0.2) is 0 Å². The number of carbonyl (C=O) groups excluding carboxylic acids is 1. The molecule has 1 radical (unpaired) electrons. The lowest BCUT2D eigenvalue weighted by Gasteiger charge is -2.27. The maximum Gasteiger partial charge on any atom is 0.254 e. The van der Waals surface area contributed by atoms with Crippen molar-refractivity contribution >= 4 is 5.91 Å². The molecule has 0 saturated carbocycles. The third kappa shape index (κ3) is 4.04. The van der Waals surface area contributed by atoms with E-state index in [0.29, 0.717) is 38.3 Å². The first-order chi connectivity index (χ1) is 8.96. The van der Waals surface area contributed by atoms with Crippen LogP contribution in [0.5, 0.6) is 0 Å². The van der Waals surface area contributed by atoms with Crippen LogP contribution in [-0.4, -0.2) is 47.8 Å². The van der Waals surface area contributed by atoms with Crippen LogP contribution in [0.1, 0.15) is 22.8 Å². The molecule has 1 N–H and O–H groups in total. The summed E-state index contributed by atoms with van der Waals surface area (Å²) >= 11 is 0. The molecule has 1 aliphatic rings. The Labute approximate surface area is 114 Å². The van der Waals surface area contributed by atoms with Crippen molar-refractivity contribution in [3.63, 3.8) is 0 Å². The molecule has 1 amide bonds. The van der Waals surface area contributed by atoms with Crippen LogP contribution in [-0.2, 0) is 11.2 Å². The molecule has 2 rings (SSSR count). The number of ether oxygens (including phenoxy) is 1. The maximum absolute atomic E-state index is 12.3. The van der Waals surface area contributed by atoms with E-state index in [2.05, 4.69) is 6.92 Å². The summed E-state index contributed by atoms with van der Waals surface area (Å²) in [6.45, 7) is 7.79. The third-order valence-electron chi connectivity index (χ3n) is 3.06. The van der Waals surface area contributed by atoms with Gasteiger partial charge in [-0.05, 0) is 31.5 Å². The molecule has 1 fully saturated rings. The number of benzene rings is 1. The van der Waals surface area contributed by atoms with Crippen molar-refractivity contribution in [2.45, 2.75) is 18.9 Å². The quantitative estimate of drug-likeness (QED) is 0.893. The second kappa shape index (κ2) is 5.72. The topological polar surface area (TPSA) is 49.8 Å². The monoisotopic (exact) mass is 262 g/mol. The van der Waals surface area contributed by atoms with E-state index in [1.54, 1.807) is 17.9 Å². The summed E-state index contributed by atoms with van der Waals surface area (Å²) in [5.74, 6) is 0.0221. The standard InChI is InChI=1S/C15H20NO3/c1-15(2,18)11-12-4-3-5-13(10-12)14(17)16-6-8-19-9-7-16/h3-5,10,18H,1,6-9,11H2,2H3. The van der Waals surface area contributed by atoms with E-state index < -0.39 is 5.60 Å². The number of hydrogen-bond donors (Lipinski definition) is 1. The van der Waals surface area contributed by atoms with Crippen LogP contribution < -0.4 is 0 Å². The van der Waals surface area contributed by atoms with Gasteiger partial charge in [0.1, 0.15) is 0 Å². The van der Waals surface area contributed by atoms with Gasteiger partial charge in [-0.1, -0.05) is 12.1 Å². The summed E-state index contributed by atoms with van der Waals surface area (Å²) in [5.41, 5.74) is 0.559. The molecule has 1 aromatic rings. The first-order valence-corrected chi connectivity index (χ1v) is 6.49. The molecular formula is C15H20NO3. The Morgan fingerprint density at radius 2 is 2.16 bits per heavy atom. The normalized spacial score (nSPS) is 16.5. The van der Waals surface area contributed by atoms with E-state index in [0.717, 1.165) is 5.56 Å². The van der Waals surface area contributed by atoms with Crippen molar-refractivity contribution in [1.82, 2.24) is 4.90 Å². The zero-order valence-electron chi connectivity index (χ0n) is 11.3. The maximum atomic E-state index is 12.3. The second-order valence-electron chi connectivity index (χ2n) is 5.28. The fraction of sp³-hybridized carbons (Fsp3) is 0.467. The van der Waals surface area contributed by atoms with E-state index >= 15 is 0 Å². The van der Waals surface area contributed by atoms with E-state index in [-0.39, 0.29) is 5.91 Å². The molecule has 0 bridgehead atoms. The fourth-order valence-electron chi connectivity index (χ4n) is 2.20. The van der Waals surface area contributed by atoms with Gasteiger partial charge in [0.2, 0.25) is 0 Å². The number of aliphatic hydroxyl groups is 1. The Balaban J connectivity index is 2.11. The van der Waals surface area contributed by atoms with Crippen molar-refractivity contribution in [2.75, 3.05) is 26.3 Å². The van der Waals surface area contributed by atoms with Gasteiger partial charge in [-0.3, -0.25) is 4.79 Å². The molecule has 1 heterocycles. The summed E-state index contributed by atoms with van der Waals surface area (Å²) in [6, 6.07) is 7.38. The second-order valence-corrected chi connectivity index (χ2v) is 5.28. The van der Waals surface area contributed by atoms with Crippen LogP contribution >= 0.6 is 0 Å². The summed E-state index contributed by atoms with van der Waals surface area (Å²) in [5, 5.41) is 9.73. The SMILES string of the molecule is [CH2]C(C)(O)Cc1cccc(C(=O)N2CCOCC2)c1. The molecule has 1 aliphatic heterocycles. The number of nitrogens with zero attached hydrogens (tertiary/aromatic N) is 1. The Kier molecular flexibility index (Phi) is 4.22. The molecule has 4 heteroatoms. The highest BCUT2D eigenvalue weighted by molar-refractivity contribution is 5.94. The summed E-state index contributed by atoms with van der Waals surface area (Å²) in [4.78, 5) is 14.1. The van der Waals surface area contributed by atoms with Crippen LogP contribution in [0.15, 0.2) is 24.3 Å². The van der Waals surface area contributed by atoms with E-state index in [1.807, 2.05) is 18.2 Å². The van der Waals surface area contributed by atoms with Gasteiger partial charge in [0.05, 0.1) is 18.8 Å². The molecule has 1 aromatic carbocycles. The number of rotatable bonds is 3. The highest BCUT2D eigenvalue weighted by Crippen LogP contribution is 2.15. The van der Waals surface area contributed by atoms with E-state index in [4.69, 9.17) is 4.74 Å². The molecule has 0 aliphatic carbocycles. The van der Waals surface area contributed by atoms with Gasteiger partial charge in [-0.25, -0.2) is 0 Å². The van der Waals surface area contributed by atoms with Gasteiger partial charge in [0.25, 0.3) is 5.91 Å². The molecule has 19 heavy (non-hydrogen) atoms. The first kappa shape index (κ1) is 14.0. The Hall–Kier alpha value is -1.39. The number of morpholine rings is 1. The van der Waals surface area contributed by atoms with Crippen LogP contribution in [0.3, 0.4) is 0 Å². The molecular weight excluding hydrogens is 242 g/mol. The van der Waals surface area contributed by atoms with Gasteiger partial charge in [-0.2, -0.15) is 0 Å². The average Bonchev–Trinajstić information content (AvgIpc) is 2.37. The molecule has 0 spiro atoms. The zero-order chi connectivity index (χ0) is 13.9. The van der Waals surface area contributed by atoms with Crippen LogP contribution in [0.4, 0.5) is 0 Å². The van der Waals surface area contributed by atoms with Crippen LogP contribution in [0.25, 0.3) is 0 Å². The molecule has 4 nitrogen and oxygen atoms in total. The highest BCUT2D eigenvalue weighted by atomic mass is 16.5. The van der Waals surface area contributed by atoms with Gasteiger partial charge in [0, 0.05) is 25.1 Å². The zero-order valence-corrected chi connectivity index (χ0v) is 11.3. The van der Waals surface area contributed by atoms with Crippen molar-refractivity contribution in [3.8, 4) is 0 Å². The lowest BCUT2D eigenvalue weighted by molar-refractivity contribution is 0.0302. The Morgan fingerprint density at radius 1 is 1.47 bits per heavy atom. The Morgan fingerprint density at radius 3 is 2.79 bits per heavy atom. The van der Waals surface area contributed by atoms with Gasteiger partial charge >= 0.3 is 0 Å². The van der Waals surface area contributed by atoms with Crippen molar-refractivity contribution in [1.29, 1.82) is 0 Å². The summed E-state index contributed by atoms with van der Waals surface area (Å²) < 4.78 is 5.24. The van der Waals surface area contributed by atoms with Gasteiger partial charge in [-0.15, -0.1) is 0 Å². The van der Waals surface area contributed by atoms with Crippen LogP contribution in [0.2, 0.25) is 0 Å². The predicted octanol–water partition coefficient (Wildman–Crippen LogP) is 1.29. The first-order valence-electron chi connectivity index (χ1n) is 6.49. The molecule has 103 valence electrons. The van der Waals surface area contributed by atoms with E-state index in [9.17, 15) is 9.90 Å². The minimum absolute atomic E-state index is 0.0221. The smallest absolute Gasteiger partial charge is 0.254 e. The van der Waals surface area contributed by atoms with Gasteiger partial charge < -0.3 is 14.7 Å². The average molecular weight is 262 g/mol. The largest absolute Gasteiger partial charge is 0.390 e. The molecule has 1 saturated heterocycles.